The van der Waals surface area contributed by atoms with Crippen molar-refractivity contribution < 1.29 is 14.3 Å². The fraction of sp³-hybridized carbons (Fsp3) is 0.174. The van der Waals surface area contributed by atoms with Gasteiger partial charge in [0.25, 0.3) is 0 Å². The van der Waals surface area contributed by atoms with Gasteiger partial charge in [0.2, 0.25) is 0 Å². The molecule has 3 aromatic rings. The van der Waals surface area contributed by atoms with Gasteiger partial charge in [-0.1, -0.05) is 53.5 Å². The lowest BCUT2D eigenvalue weighted by molar-refractivity contribution is -0.138. The summed E-state index contributed by atoms with van der Waals surface area (Å²) in [6.07, 6.45) is 1.94. The van der Waals surface area contributed by atoms with Gasteiger partial charge in [0.15, 0.2) is 5.78 Å². The van der Waals surface area contributed by atoms with Gasteiger partial charge < -0.3 is 4.74 Å². The normalized spacial score (nSPS) is 11.4. The van der Waals surface area contributed by atoms with Crippen LogP contribution in [0.4, 0.5) is 0 Å². The molecule has 0 radical (unpaired) electrons. The predicted octanol–water partition coefficient (Wildman–Crippen LogP) is 6.51. The summed E-state index contributed by atoms with van der Waals surface area (Å²) in [7, 11) is 0. The molecule has 0 bridgehead atoms. The van der Waals surface area contributed by atoms with E-state index >= 15 is 0 Å². The zero-order chi connectivity index (χ0) is 21.7. The molecule has 0 spiro atoms. The van der Waals surface area contributed by atoms with E-state index in [9.17, 15) is 9.59 Å². The molecule has 0 saturated carbocycles. The first-order chi connectivity index (χ1) is 14.4. The number of hydrogen-bond acceptors (Lipinski definition) is 5. The lowest BCUT2D eigenvalue weighted by atomic mass is 10.0. The number of halogens is 2. The van der Waals surface area contributed by atoms with Gasteiger partial charge in [-0.3, -0.25) is 4.79 Å². The molecule has 0 aliphatic carbocycles. The van der Waals surface area contributed by atoms with Gasteiger partial charge >= 0.3 is 5.97 Å². The van der Waals surface area contributed by atoms with Gasteiger partial charge in [0.1, 0.15) is 5.01 Å². The molecule has 0 atom stereocenters. The Kier molecular flexibility index (Phi) is 7.43. The Balaban J connectivity index is 1.68. The number of hydrogen-bond donors (Lipinski definition) is 0. The maximum atomic E-state index is 12.6. The van der Waals surface area contributed by atoms with Gasteiger partial charge in [-0.15, -0.1) is 11.3 Å². The number of carbonyl (C=O) groups is 2. The molecule has 4 nitrogen and oxygen atoms in total. The number of carbonyl (C=O) groups excluding carboxylic acids is 2. The zero-order valence-corrected chi connectivity index (χ0v) is 18.8. The molecule has 30 heavy (non-hydrogen) atoms. The number of Topliss-reactive ketones (excluding diaryl/α,β-unsaturated/α-hetero) is 1. The molecule has 0 aliphatic heterocycles. The molecule has 0 saturated heterocycles. The predicted molar refractivity (Wildman–Crippen MR) is 122 cm³/mol. The fourth-order valence-electron chi connectivity index (χ4n) is 2.74. The Morgan fingerprint density at radius 1 is 1.10 bits per heavy atom. The lowest BCUT2D eigenvalue weighted by Crippen LogP contribution is -2.05. The van der Waals surface area contributed by atoms with Crippen LogP contribution in [0.25, 0.3) is 17.3 Å². The molecule has 154 valence electrons. The van der Waals surface area contributed by atoms with Crippen molar-refractivity contribution in [3.8, 4) is 11.3 Å². The van der Waals surface area contributed by atoms with Crippen LogP contribution in [0.2, 0.25) is 10.0 Å². The minimum Gasteiger partial charge on any atom is -0.463 e. The third-order valence-corrected chi connectivity index (χ3v) is 5.88. The number of ether oxygens (including phenoxy) is 1. The van der Waals surface area contributed by atoms with Crippen molar-refractivity contribution in [2.45, 2.75) is 20.3 Å². The van der Waals surface area contributed by atoms with Gasteiger partial charge in [-0.25, -0.2) is 9.78 Å². The van der Waals surface area contributed by atoms with E-state index in [0.29, 0.717) is 27.8 Å². The highest BCUT2D eigenvalue weighted by molar-refractivity contribution is 7.10. The van der Waals surface area contributed by atoms with Crippen LogP contribution in [0.1, 0.15) is 34.8 Å². The fourth-order valence-corrected chi connectivity index (χ4v) is 3.84. The third kappa shape index (κ3) is 5.57. The number of ketones is 1. The van der Waals surface area contributed by atoms with Gasteiger partial charge in [0, 0.05) is 22.1 Å². The summed E-state index contributed by atoms with van der Waals surface area (Å²) in [5.74, 6) is -0.373. The Hall–Kier alpha value is -2.47. The van der Waals surface area contributed by atoms with Crippen LogP contribution < -0.4 is 0 Å². The molecule has 0 N–H and O–H groups in total. The van der Waals surface area contributed by atoms with Crippen LogP contribution in [-0.2, 0) is 16.0 Å². The standard InChI is InChI=1S/C23H19Cl2NO3S/c1-3-29-23(28)14(2)10-15-4-6-16(7-5-15)21(27)12-22-26-20(13-30-22)17-8-9-18(24)19(25)11-17/h4-11,13H,3,12H2,1-2H3/b14-10+. The van der Waals surface area contributed by atoms with E-state index in [1.54, 1.807) is 56.3 Å². The van der Waals surface area contributed by atoms with Crippen molar-refractivity contribution in [2.24, 2.45) is 0 Å². The van der Waals surface area contributed by atoms with Gasteiger partial charge in [0.05, 0.1) is 28.8 Å². The summed E-state index contributed by atoms with van der Waals surface area (Å²) < 4.78 is 4.97. The van der Waals surface area contributed by atoms with E-state index in [0.717, 1.165) is 21.8 Å². The molecule has 2 aromatic carbocycles. The van der Waals surface area contributed by atoms with Crippen molar-refractivity contribution in [3.05, 3.63) is 79.6 Å². The van der Waals surface area contributed by atoms with Crippen LogP contribution in [0, 0.1) is 0 Å². The number of aromatic nitrogens is 1. The summed E-state index contributed by atoms with van der Waals surface area (Å²) >= 11 is 13.5. The van der Waals surface area contributed by atoms with Crippen molar-refractivity contribution in [1.29, 1.82) is 0 Å². The monoisotopic (exact) mass is 459 g/mol. The van der Waals surface area contributed by atoms with E-state index in [2.05, 4.69) is 4.98 Å². The summed E-state index contributed by atoms with van der Waals surface area (Å²) in [4.78, 5) is 28.9. The van der Waals surface area contributed by atoms with Crippen molar-refractivity contribution in [3.63, 3.8) is 0 Å². The highest BCUT2D eigenvalue weighted by atomic mass is 35.5. The lowest BCUT2D eigenvalue weighted by Gasteiger charge is -2.03. The molecule has 7 heteroatoms. The number of benzene rings is 2. The number of nitrogens with zero attached hydrogens (tertiary/aromatic N) is 1. The van der Waals surface area contributed by atoms with Crippen LogP contribution >= 0.6 is 34.5 Å². The van der Waals surface area contributed by atoms with E-state index in [1.807, 2.05) is 11.4 Å². The van der Waals surface area contributed by atoms with Crippen LogP contribution in [0.3, 0.4) is 0 Å². The Morgan fingerprint density at radius 3 is 2.50 bits per heavy atom. The average Bonchev–Trinajstić information content (AvgIpc) is 3.19. The minimum absolute atomic E-state index is 0.0253. The van der Waals surface area contributed by atoms with E-state index in [-0.39, 0.29) is 18.2 Å². The first kappa shape index (κ1) is 22.2. The molecule has 3 rings (SSSR count). The number of esters is 1. The summed E-state index contributed by atoms with van der Waals surface area (Å²) in [6.45, 7) is 3.80. The third-order valence-electron chi connectivity index (χ3n) is 4.29. The molecule has 0 fully saturated rings. The highest BCUT2D eigenvalue weighted by Crippen LogP contribution is 2.29. The molecular weight excluding hydrogens is 441 g/mol. The second kappa shape index (κ2) is 10.0. The maximum Gasteiger partial charge on any atom is 0.333 e. The van der Waals surface area contributed by atoms with Crippen LogP contribution in [0.15, 0.2) is 53.4 Å². The summed E-state index contributed by atoms with van der Waals surface area (Å²) in [5.41, 5.74) is 3.54. The van der Waals surface area contributed by atoms with Gasteiger partial charge in [-0.2, -0.15) is 0 Å². The summed E-state index contributed by atoms with van der Waals surface area (Å²) in [5, 5.41) is 3.57. The second-order valence-corrected chi connectivity index (χ2v) is 8.28. The van der Waals surface area contributed by atoms with E-state index in [4.69, 9.17) is 27.9 Å². The van der Waals surface area contributed by atoms with E-state index in [1.165, 1.54) is 11.3 Å². The first-order valence-electron chi connectivity index (χ1n) is 9.26. The van der Waals surface area contributed by atoms with Crippen LogP contribution in [-0.4, -0.2) is 23.3 Å². The van der Waals surface area contributed by atoms with Crippen LogP contribution in [0.5, 0.6) is 0 Å². The number of thiazole rings is 1. The smallest absolute Gasteiger partial charge is 0.333 e. The quantitative estimate of drug-likeness (QED) is 0.229. The largest absolute Gasteiger partial charge is 0.463 e. The zero-order valence-electron chi connectivity index (χ0n) is 16.4. The first-order valence-corrected chi connectivity index (χ1v) is 10.9. The molecule has 0 amide bonds. The average molecular weight is 460 g/mol. The molecule has 1 aromatic heterocycles. The summed E-state index contributed by atoms with van der Waals surface area (Å²) in [6, 6.07) is 12.4. The molecule has 1 heterocycles. The van der Waals surface area contributed by atoms with Crippen molar-refractivity contribution >= 4 is 52.4 Å². The van der Waals surface area contributed by atoms with Crippen molar-refractivity contribution in [1.82, 2.24) is 4.98 Å². The Morgan fingerprint density at radius 2 is 1.83 bits per heavy atom. The van der Waals surface area contributed by atoms with E-state index < -0.39 is 0 Å². The Bertz CT molecular complexity index is 1100. The van der Waals surface area contributed by atoms with Gasteiger partial charge in [-0.05, 0) is 37.6 Å². The highest BCUT2D eigenvalue weighted by Gasteiger charge is 2.12. The molecular formula is C23H19Cl2NO3S. The second-order valence-electron chi connectivity index (χ2n) is 6.53. The van der Waals surface area contributed by atoms with Crippen molar-refractivity contribution in [2.75, 3.05) is 6.61 Å². The molecule has 0 unspecified atom stereocenters. The maximum absolute atomic E-state index is 12.6. The number of rotatable bonds is 7. The topological polar surface area (TPSA) is 56.3 Å². The Labute approximate surface area is 189 Å². The minimum atomic E-state index is -0.348. The molecule has 0 aliphatic rings. The SMILES string of the molecule is CCOC(=O)/C(C)=C/c1ccc(C(=O)Cc2nc(-c3ccc(Cl)c(Cl)c3)cs2)cc1.